The molecule has 1 amide bonds. The number of esters is 1. The van der Waals surface area contributed by atoms with Crippen LogP contribution in [0.25, 0.3) is 0 Å². The summed E-state index contributed by atoms with van der Waals surface area (Å²) in [5.41, 5.74) is 1.66. The average molecular weight is 295 g/mol. The smallest absolute Gasteiger partial charge is 0.302 e. The Morgan fingerprint density at radius 2 is 1.41 bits per heavy atom. The van der Waals surface area contributed by atoms with Crippen LogP contribution in [0.1, 0.15) is 6.92 Å². The Kier molecular flexibility index (Phi) is 5.09. The zero-order valence-corrected chi connectivity index (χ0v) is 12.4. The quantitative estimate of drug-likeness (QED) is 0.627. The van der Waals surface area contributed by atoms with Gasteiger partial charge in [-0.3, -0.25) is 14.5 Å². The third-order valence-corrected chi connectivity index (χ3v) is 2.98. The minimum absolute atomic E-state index is 0.121. The molecule has 0 saturated carbocycles. The molecule has 22 heavy (non-hydrogen) atoms. The molecular formula is C18H17NO3. The van der Waals surface area contributed by atoms with Crippen molar-refractivity contribution in [3.63, 3.8) is 0 Å². The molecule has 112 valence electrons. The first kappa shape index (κ1) is 15.5. The number of carbonyl (C=O) groups excluding carboxylic acids is 2. The molecule has 2 rings (SSSR count). The van der Waals surface area contributed by atoms with Crippen molar-refractivity contribution in [2.24, 2.45) is 0 Å². The molecule has 0 aliphatic rings. The number of anilines is 2. The molecule has 2 aromatic carbocycles. The van der Waals surface area contributed by atoms with Gasteiger partial charge in [-0.05, 0) is 24.3 Å². The van der Waals surface area contributed by atoms with Gasteiger partial charge in [0.1, 0.15) is 6.61 Å². The third kappa shape index (κ3) is 3.82. The number of hydrogen-bond donors (Lipinski definition) is 0. The molecule has 4 heteroatoms. The molecule has 2 aromatic rings. The number of benzene rings is 2. The fourth-order valence-corrected chi connectivity index (χ4v) is 1.95. The Morgan fingerprint density at radius 1 is 0.955 bits per heavy atom. The largest absolute Gasteiger partial charge is 0.461 e. The van der Waals surface area contributed by atoms with Crippen molar-refractivity contribution in [3.05, 3.63) is 72.8 Å². The number of ether oxygens (including phenoxy) is 1. The Morgan fingerprint density at radius 3 is 1.82 bits per heavy atom. The highest BCUT2D eigenvalue weighted by Gasteiger charge is 2.20. The summed E-state index contributed by atoms with van der Waals surface area (Å²) in [6.45, 7) is 4.90. The van der Waals surface area contributed by atoms with Crippen molar-refractivity contribution < 1.29 is 14.3 Å². The Bertz CT molecular complexity index is 626. The van der Waals surface area contributed by atoms with E-state index in [2.05, 4.69) is 6.58 Å². The van der Waals surface area contributed by atoms with Crippen molar-refractivity contribution in [1.29, 1.82) is 0 Å². The number of para-hydroxylation sites is 2. The predicted octanol–water partition coefficient (Wildman–Crippen LogP) is 3.47. The van der Waals surface area contributed by atoms with Crippen LogP contribution in [0.4, 0.5) is 11.4 Å². The number of nitrogens with zero attached hydrogens (tertiary/aromatic N) is 1. The van der Waals surface area contributed by atoms with E-state index in [0.717, 1.165) is 11.4 Å². The van der Waals surface area contributed by atoms with Crippen LogP contribution in [0.5, 0.6) is 0 Å². The summed E-state index contributed by atoms with van der Waals surface area (Å²) in [7, 11) is 0. The van der Waals surface area contributed by atoms with Crippen LogP contribution in [0, 0.1) is 0 Å². The fourth-order valence-electron chi connectivity index (χ4n) is 1.95. The van der Waals surface area contributed by atoms with Gasteiger partial charge in [-0.1, -0.05) is 43.0 Å². The van der Waals surface area contributed by atoms with Crippen LogP contribution in [0.15, 0.2) is 72.8 Å². The van der Waals surface area contributed by atoms with E-state index < -0.39 is 5.97 Å². The molecule has 0 fully saturated rings. The molecule has 0 spiro atoms. The topological polar surface area (TPSA) is 46.6 Å². The lowest BCUT2D eigenvalue weighted by Gasteiger charge is -2.23. The molecule has 0 heterocycles. The van der Waals surface area contributed by atoms with Crippen molar-refractivity contribution in [1.82, 2.24) is 0 Å². The molecule has 0 unspecified atom stereocenters. The summed E-state index contributed by atoms with van der Waals surface area (Å²) >= 11 is 0. The van der Waals surface area contributed by atoms with Crippen molar-refractivity contribution in [2.75, 3.05) is 11.5 Å². The van der Waals surface area contributed by atoms with E-state index in [4.69, 9.17) is 4.74 Å². The Balaban J connectivity index is 2.31. The van der Waals surface area contributed by atoms with Crippen LogP contribution in [0.3, 0.4) is 0 Å². The molecular weight excluding hydrogens is 278 g/mol. The maximum atomic E-state index is 12.7. The van der Waals surface area contributed by atoms with E-state index in [1.165, 1.54) is 6.92 Å². The Hall–Kier alpha value is -2.88. The van der Waals surface area contributed by atoms with Gasteiger partial charge in [-0.25, -0.2) is 0 Å². The lowest BCUT2D eigenvalue weighted by Crippen LogP contribution is -2.29. The number of amides is 1. The summed E-state index contributed by atoms with van der Waals surface area (Å²) in [5, 5.41) is 0. The van der Waals surface area contributed by atoms with Gasteiger partial charge < -0.3 is 4.74 Å². The monoisotopic (exact) mass is 295 g/mol. The zero-order chi connectivity index (χ0) is 15.9. The maximum absolute atomic E-state index is 12.7. The Labute approximate surface area is 129 Å². The van der Waals surface area contributed by atoms with Crippen molar-refractivity contribution >= 4 is 23.3 Å². The molecule has 0 aliphatic heterocycles. The lowest BCUT2D eigenvalue weighted by molar-refractivity contribution is -0.140. The van der Waals surface area contributed by atoms with Crippen LogP contribution >= 0.6 is 0 Å². The minimum atomic E-state index is -0.445. The summed E-state index contributed by atoms with van der Waals surface area (Å²) in [6.07, 6.45) is 0. The van der Waals surface area contributed by atoms with Crippen LogP contribution in [-0.4, -0.2) is 18.5 Å². The summed E-state index contributed by atoms with van der Waals surface area (Å²) in [4.78, 5) is 25.1. The number of hydrogen-bond acceptors (Lipinski definition) is 3. The maximum Gasteiger partial charge on any atom is 0.302 e. The third-order valence-electron chi connectivity index (χ3n) is 2.98. The van der Waals surface area contributed by atoms with Gasteiger partial charge in [0.15, 0.2) is 0 Å². The second-order valence-electron chi connectivity index (χ2n) is 4.70. The molecule has 0 bridgehead atoms. The number of rotatable bonds is 5. The molecule has 0 aromatic heterocycles. The SMILES string of the molecule is C=C(COC(C)=O)C(=O)N(c1ccccc1)c1ccccc1. The van der Waals surface area contributed by atoms with Crippen molar-refractivity contribution in [3.8, 4) is 0 Å². The van der Waals surface area contributed by atoms with Gasteiger partial charge in [0, 0.05) is 23.9 Å². The van der Waals surface area contributed by atoms with E-state index in [1.54, 1.807) is 4.90 Å². The van der Waals surface area contributed by atoms with E-state index in [1.807, 2.05) is 60.7 Å². The van der Waals surface area contributed by atoms with Gasteiger partial charge in [-0.15, -0.1) is 0 Å². The lowest BCUT2D eigenvalue weighted by atomic mass is 10.2. The molecule has 4 nitrogen and oxygen atoms in total. The fraction of sp³-hybridized carbons (Fsp3) is 0.111. The first-order valence-electron chi connectivity index (χ1n) is 6.85. The molecule has 0 saturated heterocycles. The van der Waals surface area contributed by atoms with Crippen LogP contribution in [0.2, 0.25) is 0 Å². The molecule has 0 atom stereocenters. The van der Waals surface area contributed by atoms with Gasteiger partial charge >= 0.3 is 5.97 Å². The molecule has 0 radical (unpaired) electrons. The van der Waals surface area contributed by atoms with Gasteiger partial charge in [0.05, 0.1) is 0 Å². The zero-order valence-electron chi connectivity index (χ0n) is 12.4. The first-order valence-corrected chi connectivity index (χ1v) is 6.85. The van der Waals surface area contributed by atoms with E-state index >= 15 is 0 Å². The molecule has 0 aliphatic carbocycles. The summed E-state index contributed by atoms with van der Waals surface area (Å²) in [6, 6.07) is 18.5. The van der Waals surface area contributed by atoms with E-state index in [-0.39, 0.29) is 18.1 Å². The van der Waals surface area contributed by atoms with E-state index in [0.29, 0.717) is 0 Å². The summed E-state index contributed by atoms with van der Waals surface area (Å²) < 4.78 is 4.86. The van der Waals surface area contributed by atoms with E-state index in [9.17, 15) is 9.59 Å². The van der Waals surface area contributed by atoms with Crippen LogP contribution < -0.4 is 4.90 Å². The second-order valence-corrected chi connectivity index (χ2v) is 4.70. The highest BCUT2D eigenvalue weighted by molar-refractivity contribution is 6.10. The van der Waals surface area contributed by atoms with Gasteiger partial charge in [0.2, 0.25) is 0 Å². The average Bonchev–Trinajstić information content (AvgIpc) is 2.54. The number of carbonyl (C=O) groups is 2. The minimum Gasteiger partial charge on any atom is -0.461 e. The molecule has 0 N–H and O–H groups in total. The first-order chi connectivity index (χ1) is 10.6. The normalized spacial score (nSPS) is 9.86. The van der Waals surface area contributed by atoms with Crippen LogP contribution in [-0.2, 0) is 14.3 Å². The standard InChI is InChI=1S/C18H17NO3/c1-14(13-22-15(2)20)18(21)19(16-9-5-3-6-10-16)17-11-7-4-8-12-17/h3-12H,1,13H2,2H3. The predicted molar refractivity (Wildman–Crippen MR) is 85.8 cm³/mol. The summed E-state index contributed by atoms with van der Waals surface area (Å²) in [5.74, 6) is -0.751. The highest BCUT2D eigenvalue weighted by Crippen LogP contribution is 2.26. The van der Waals surface area contributed by atoms with Crippen molar-refractivity contribution in [2.45, 2.75) is 6.92 Å². The second kappa shape index (κ2) is 7.22. The van der Waals surface area contributed by atoms with Gasteiger partial charge in [0.25, 0.3) is 5.91 Å². The van der Waals surface area contributed by atoms with Gasteiger partial charge in [-0.2, -0.15) is 0 Å². The highest BCUT2D eigenvalue weighted by atomic mass is 16.5.